The van der Waals surface area contributed by atoms with Gasteiger partial charge in [0.1, 0.15) is 5.69 Å². The zero-order valence-corrected chi connectivity index (χ0v) is 10.8. The summed E-state index contributed by atoms with van der Waals surface area (Å²) in [5.41, 5.74) is 2.40. The predicted molar refractivity (Wildman–Crippen MR) is 72.5 cm³/mol. The summed E-state index contributed by atoms with van der Waals surface area (Å²) in [4.78, 5) is 14.1. The number of benzene rings is 1. The van der Waals surface area contributed by atoms with Crippen LogP contribution in [-0.4, -0.2) is 25.8 Å². The zero-order valence-electron chi connectivity index (χ0n) is 10.0. The van der Waals surface area contributed by atoms with Crippen LogP contribution in [0.3, 0.4) is 0 Å². The monoisotopic (exact) mass is 275 g/mol. The molecule has 96 valence electrons. The quantitative estimate of drug-likeness (QED) is 0.755. The van der Waals surface area contributed by atoms with Crippen LogP contribution in [0.2, 0.25) is 5.02 Å². The highest BCUT2D eigenvalue weighted by molar-refractivity contribution is 6.35. The van der Waals surface area contributed by atoms with Gasteiger partial charge in [-0.25, -0.2) is 4.79 Å². The fourth-order valence-electron chi connectivity index (χ4n) is 2.13. The lowest BCUT2D eigenvalue weighted by Gasteiger charge is -1.95. The summed E-state index contributed by atoms with van der Waals surface area (Å²) < 4.78 is 1.35. The van der Waals surface area contributed by atoms with Gasteiger partial charge in [-0.15, -0.1) is 0 Å². The number of carboxylic acids is 1. The molecule has 2 aromatic heterocycles. The Labute approximate surface area is 113 Å². The molecule has 0 aliphatic carbocycles. The first-order valence-electron chi connectivity index (χ1n) is 5.61. The Morgan fingerprint density at radius 3 is 2.95 bits per heavy atom. The van der Waals surface area contributed by atoms with E-state index in [0.717, 1.165) is 16.5 Å². The van der Waals surface area contributed by atoms with Gasteiger partial charge in [-0.1, -0.05) is 23.7 Å². The first-order valence-corrected chi connectivity index (χ1v) is 5.99. The van der Waals surface area contributed by atoms with Gasteiger partial charge in [-0.2, -0.15) is 5.10 Å². The Bertz CT molecular complexity index is 788. The Kier molecular flexibility index (Phi) is 2.57. The number of para-hydroxylation sites is 1. The van der Waals surface area contributed by atoms with Crippen LogP contribution in [0.25, 0.3) is 22.2 Å². The van der Waals surface area contributed by atoms with Crippen LogP contribution in [0.5, 0.6) is 0 Å². The molecule has 2 N–H and O–H groups in total. The van der Waals surface area contributed by atoms with Gasteiger partial charge in [0.2, 0.25) is 0 Å². The molecule has 5 nitrogen and oxygen atoms in total. The highest BCUT2D eigenvalue weighted by atomic mass is 35.5. The second-order valence-electron chi connectivity index (χ2n) is 4.21. The van der Waals surface area contributed by atoms with Gasteiger partial charge in [0.25, 0.3) is 0 Å². The van der Waals surface area contributed by atoms with Crippen molar-refractivity contribution in [3.8, 4) is 11.3 Å². The van der Waals surface area contributed by atoms with Crippen molar-refractivity contribution in [1.82, 2.24) is 14.8 Å². The minimum Gasteiger partial charge on any atom is -0.477 e. The van der Waals surface area contributed by atoms with Crippen LogP contribution >= 0.6 is 11.6 Å². The maximum absolute atomic E-state index is 11.0. The van der Waals surface area contributed by atoms with Crippen LogP contribution < -0.4 is 0 Å². The van der Waals surface area contributed by atoms with E-state index in [0.29, 0.717) is 10.7 Å². The lowest BCUT2D eigenvalue weighted by atomic mass is 10.1. The smallest absolute Gasteiger partial charge is 0.354 e. The number of aromatic amines is 1. The number of H-pyrrole nitrogens is 1. The Morgan fingerprint density at radius 2 is 2.26 bits per heavy atom. The molecule has 0 atom stereocenters. The summed E-state index contributed by atoms with van der Waals surface area (Å²) in [5.74, 6) is -1.00. The fourth-order valence-corrected chi connectivity index (χ4v) is 2.36. The van der Waals surface area contributed by atoms with Crippen molar-refractivity contribution < 1.29 is 9.90 Å². The number of nitrogens with one attached hydrogen (secondary N) is 1. The molecule has 0 aliphatic heterocycles. The van der Waals surface area contributed by atoms with Gasteiger partial charge in [-0.3, -0.25) is 4.68 Å². The van der Waals surface area contributed by atoms with E-state index in [4.69, 9.17) is 16.7 Å². The highest BCUT2D eigenvalue weighted by Crippen LogP contribution is 2.31. The molecule has 0 amide bonds. The number of fused-ring (bicyclic) bond motifs is 1. The average molecular weight is 276 g/mol. The maximum atomic E-state index is 11.0. The largest absolute Gasteiger partial charge is 0.477 e. The van der Waals surface area contributed by atoms with Crippen molar-refractivity contribution in [3.05, 3.63) is 41.2 Å². The van der Waals surface area contributed by atoms with Crippen LogP contribution in [0.15, 0.2) is 30.5 Å². The van der Waals surface area contributed by atoms with Crippen molar-refractivity contribution in [2.75, 3.05) is 0 Å². The van der Waals surface area contributed by atoms with Gasteiger partial charge in [0, 0.05) is 24.2 Å². The number of aromatic nitrogens is 3. The van der Waals surface area contributed by atoms with E-state index in [1.165, 1.54) is 4.68 Å². The summed E-state index contributed by atoms with van der Waals surface area (Å²) in [7, 11) is 1.61. The van der Waals surface area contributed by atoms with E-state index in [-0.39, 0.29) is 5.69 Å². The van der Waals surface area contributed by atoms with E-state index in [1.807, 2.05) is 12.1 Å². The summed E-state index contributed by atoms with van der Waals surface area (Å²) in [5, 5.41) is 14.8. The molecule has 0 unspecified atom stereocenters. The number of nitrogens with zero attached hydrogens (tertiary/aromatic N) is 2. The minimum absolute atomic E-state index is 0.145. The van der Waals surface area contributed by atoms with Crippen molar-refractivity contribution in [2.45, 2.75) is 0 Å². The Balaban J connectivity index is 2.22. The number of aromatic carboxylic acids is 1. The molecule has 3 rings (SSSR count). The summed E-state index contributed by atoms with van der Waals surface area (Å²) in [6.07, 6.45) is 1.78. The first kappa shape index (κ1) is 11.8. The number of rotatable bonds is 2. The molecule has 0 saturated carbocycles. The second-order valence-corrected chi connectivity index (χ2v) is 4.62. The third kappa shape index (κ3) is 1.79. The summed E-state index contributed by atoms with van der Waals surface area (Å²) >= 11 is 6.09. The van der Waals surface area contributed by atoms with E-state index in [9.17, 15) is 4.79 Å². The first-order chi connectivity index (χ1) is 9.08. The van der Waals surface area contributed by atoms with E-state index >= 15 is 0 Å². The molecule has 0 bridgehead atoms. The standard InChI is InChI=1S/C13H10ClN3O2/c1-17-11(13(18)19)5-10(16-17)8-6-15-12-7(8)3-2-4-9(12)14/h2-6,15H,1H3,(H,18,19). The van der Waals surface area contributed by atoms with Crippen molar-refractivity contribution in [1.29, 1.82) is 0 Å². The van der Waals surface area contributed by atoms with Gasteiger partial charge in [-0.05, 0) is 12.1 Å². The number of hydrogen-bond donors (Lipinski definition) is 2. The molecule has 0 aliphatic rings. The van der Waals surface area contributed by atoms with Crippen LogP contribution in [0.1, 0.15) is 10.5 Å². The molecule has 19 heavy (non-hydrogen) atoms. The number of carboxylic acid groups (broad SMARTS) is 1. The molecule has 0 fully saturated rings. The molecule has 0 spiro atoms. The Hall–Kier alpha value is -2.27. The number of carbonyl (C=O) groups is 1. The third-order valence-corrected chi connectivity index (χ3v) is 3.35. The van der Waals surface area contributed by atoms with Crippen molar-refractivity contribution in [2.24, 2.45) is 7.05 Å². The topological polar surface area (TPSA) is 70.9 Å². The Morgan fingerprint density at radius 1 is 1.47 bits per heavy atom. The molecule has 1 aromatic carbocycles. The van der Waals surface area contributed by atoms with E-state index in [2.05, 4.69) is 10.1 Å². The van der Waals surface area contributed by atoms with Crippen LogP contribution in [0, 0.1) is 0 Å². The molecule has 0 radical (unpaired) electrons. The van der Waals surface area contributed by atoms with Gasteiger partial charge >= 0.3 is 5.97 Å². The van der Waals surface area contributed by atoms with Gasteiger partial charge < -0.3 is 10.1 Å². The molecular formula is C13H10ClN3O2. The molecular weight excluding hydrogens is 266 g/mol. The van der Waals surface area contributed by atoms with Gasteiger partial charge in [0.15, 0.2) is 0 Å². The lowest BCUT2D eigenvalue weighted by molar-refractivity contribution is 0.0685. The summed E-state index contributed by atoms with van der Waals surface area (Å²) in [6, 6.07) is 7.11. The highest BCUT2D eigenvalue weighted by Gasteiger charge is 2.15. The van der Waals surface area contributed by atoms with Crippen LogP contribution in [-0.2, 0) is 7.05 Å². The van der Waals surface area contributed by atoms with Crippen LogP contribution in [0.4, 0.5) is 0 Å². The maximum Gasteiger partial charge on any atom is 0.354 e. The van der Waals surface area contributed by atoms with Crippen molar-refractivity contribution in [3.63, 3.8) is 0 Å². The summed E-state index contributed by atoms with van der Waals surface area (Å²) in [6.45, 7) is 0. The average Bonchev–Trinajstić information content (AvgIpc) is 2.93. The normalized spacial score (nSPS) is 11.1. The fraction of sp³-hybridized carbons (Fsp3) is 0.0769. The van der Waals surface area contributed by atoms with E-state index in [1.54, 1.807) is 25.4 Å². The lowest BCUT2D eigenvalue weighted by Crippen LogP contribution is -2.04. The SMILES string of the molecule is Cn1nc(-c2c[nH]c3c(Cl)cccc23)cc1C(=O)O. The van der Waals surface area contributed by atoms with Crippen molar-refractivity contribution >= 4 is 28.5 Å². The minimum atomic E-state index is -1.00. The molecule has 3 aromatic rings. The predicted octanol–water partition coefficient (Wildman–Crippen LogP) is 2.92. The zero-order chi connectivity index (χ0) is 13.6. The number of hydrogen-bond acceptors (Lipinski definition) is 2. The number of aryl methyl sites for hydroxylation is 1. The van der Waals surface area contributed by atoms with E-state index < -0.39 is 5.97 Å². The molecule has 6 heteroatoms. The second kappa shape index (κ2) is 4.13. The van der Waals surface area contributed by atoms with Gasteiger partial charge in [0.05, 0.1) is 16.2 Å². The third-order valence-electron chi connectivity index (χ3n) is 3.04. The molecule has 0 saturated heterocycles. The number of halogens is 1. The molecule has 2 heterocycles.